The summed E-state index contributed by atoms with van der Waals surface area (Å²) in [6.45, 7) is 0. The summed E-state index contributed by atoms with van der Waals surface area (Å²) in [5.41, 5.74) is 6.08. The average molecular weight is 569 g/mol. The van der Waals surface area contributed by atoms with Gasteiger partial charge in [0.2, 0.25) is 5.89 Å². The number of hydrogen-bond donors (Lipinski definition) is 0. The zero-order valence-corrected chi connectivity index (χ0v) is 23.5. The van der Waals surface area contributed by atoms with Gasteiger partial charge in [-0.2, -0.15) is 0 Å². The van der Waals surface area contributed by atoms with Crippen molar-refractivity contribution in [1.29, 1.82) is 0 Å². The number of hydrogen-bond acceptors (Lipinski definition) is 5. The molecular formula is C38H20N2O2S. The van der Waals surface area contributed by atoms with Crippen LogP contribution in [0.15, 0.2) is 130 Å². The van der Waals surface area contributed by atoms with Gasteiger partial charge in [-0.1, -0.05) is 91.0 Å². The molecule has 0 amide bonds. The second-order valence-corrected chi connectivity index (χ2v) is 12.0. The number of rotatable bonds is 2. The average Bonchev–Trinajstić information content (AvgIpc) is 3.77. The molecule has 10 rings (SSSR count). The molecule has 4 nitrogen and oxygen atoms in total. The van der Waals surface area contributed by atoms with E-state index >= 15 is 0 Å². The largest absolute Gasteiger partial charge is 0.454 e. The van der Waals surface area contributed by atoms with E-state index in [1.54, 1.807) is 11.3 Å². The molecule has 0 aliphatic heterocycles. The minimum atomic E-state index is 0.601. The second kappa shape index (κ2) is 8.51. The predicted molar refractivity (Wildman–Crippen MR) is 178 cm³/mol. The molecule has 0 fully saturated rings. The number of oxazole rings is 1. The van der Waals surface area contributed by atoms with Crippen LogP contribution in [0.25, 0.3) is 97.6 Å². The highest BCUT2D eigenvalue weighted by molar-refractivity contribution is 7.25. The Labute approximate surface area is 248 Å². The van der Waals surface area contributed by atoms with E-state index < -0.39 is 0 Å². The molecule has 4 aromatic heterocycles. The van der Waals surface area contributed by atoms with Crippen molar-refractivity contribution in [3.05, 3.63) is 121 Å². The van der Waals surface area contributed by atoms with Gasteiger partial charge in [0.1, 0.15) is 21.6 Å². The van der Waals surface area contributed by atoms with Crippen molar-refractivity contribution >= 4 is 86.2 Å². The van der Waals surface area contributed by atoms with Crippen molar-refractivity contribution in [2.45, 2.75) is 0 Å². The lowest BCUT2D eigenvalue weighted by atomic mass is 10.0. The third kappa shape index (κ3) is 3.25. The maximum Gasteiger partial charge on any atom is 0.227 e. The van der Waals surface area contributed by atoms with Crippen molar-refractivity contribution in [1.82, 2.24) is 9.97 Å². The van der Waals surface area contributed by atoms with Crippen LogP contribution in [-0.4, -0.2) is 9.97 Å². The number of aromatic nitrogens is 2. The van der Waals surface area contributed by atoms with Gasteiger partial charge in [-0.15, -0.1) is 11.3 Å². The summed E-state index contributed by atoms with van der Waals surface area (Å²) in [4.78, 5) is 11.1. The van der Waals surface area contributed by atoms with Gasteiger partial charge in [-0.3, -0.25) is 0 Å². The SMILES string of the molecule is c1ccc2c(c1)ccc1ccc3nc(-c4ccc(-c5nc6sc7ccccc7c6c6c5oc5ccccc56)cc4)oc3c12. The van der Waals surface area contributed by atoms with Gasteiger partial charge < -0.3 is 8.83 Å². The normalized spacial score (nSPS) is 12.2. The second-order valence-electron chi connectivity index (χ2n) is 10.9. The fraction of sp³-hybridized carbons (Fsp3) is 0. The van der Waals surface area contributed by atoms with Gasteiger partial charge in [-0.05, 0) is 46.5 Å². The molecule has 0 N–H and O–H groups in total. The van der Waals surface area contributed by atoms with E-state index in [0.29, 0.717) is 5.89 Å². The summed E-state index contributed by atoms with van der Waals surface area (Å²) in [6.07, 6.45) is 0. The van der Waals surface area contributed by atoms with Gasteiger partial charge >= 0.3 is 0 Å². The number of para-hydroxylation sites is 1. The fourth-order valence-electron chi connectivity index (χ4n) is 6.53. The molecule has 0 spiro atoms. The summed E-state index contributed by atoms with van der Waals surface area (Å²) in [5, 5.41) is 9.19. The number of thiophene rings is 1. The van der Waals surface area contributed by atoms with Crippen LogP contribution in [0, 0.1) is 0 Å². The summed E-state index contributed by atoms with van der Waals surface area (Å²) < 4.78 is 14.2. The Morgan fingerprint density at radius 3 is 2.12 bits per heavy atom. The molecule has 0 unspecified atom stereocenters. The van der Waals surface area contributed by atoms with Gasteiger partial charge in [0.05, 0.1) is 0 Å². The summed E-state index contributed by atoms with van der Waals surface area (Å²) in [7, 11) is 0. The van der Waals surface area contributed by atoms with Gasteiger partial charge in [0.25, 0.3) is 0 Å². The Kier molecular flexibility index (Phi) is 4.57. The molecule has 200 valence electrons. The van der Waals surface area contributed by atoms with Crippen LogP contribution in [0.2, 0.25) is 0 Å². The molecule has 6 aromatic carbocycles. The van der Waals surface area contributed by atoms with Crippen molar-refractivity contribution in [2.24, 2.45) is 0 Å². The van der Waals surface area contributed by atoms with E-state index in [-0.39, 0.29) is 0 Å². The number of nitrogens with zero attached hydrogens (tertiary/aromatic N) is 2. The van der Waals surface area contributed by atoms with Gasteiger partial charge in [-0.25, -0.2) is 9.97 Å². The van der Waals surface area contributed by atoms with Gasteiger partial charge in [0.15, 0.2) is 11.2 Å². The highest BCUT2D eigenvalue weighted by Crippen LogP contribution is 2.45. The van der Waals surface area contributed by atoms with Crippen LogP contribution in [0.3, 0.4) is 0 Å². The highest BCUT2D eigenvalue weighted by atomic mass is 32.1. The third-order valence-electron chi connectivity index (χ3n) is 8.52. The van der Waals surface area contributed by atoms with E-state index in [2.05, 4.69) is 103 Å². The summed E-state index contributed by atoms with van der Waals surface area (Å²) in [6, 6.07) is 41.9. The lowest BCUT2D eigenvalue weighted by Gasteiger charge is -2.05. The smallest absolute Gasteiger partial charge is 0.227 e. The van der Waals surface area contributed by atoms with Crippen LogP contribution in [0.4, 0.5) is 0 Å². The van der Waals surface area contributed by atoms with E-state index in [4.69, 9.17) is 18.8 Å². The van der Waals surface area contributed by atoms with E-state index in [0.717, 1.165) is 70.8 Å². The molecule has 43 heavy (non-hydrogen) atoms. The van der Waals surface area contributed by atoms with Crippen molar-refractivity contribution in [2.75, 3.05) is 0 Å². The number of fused-ring (bicyclic) bond motifs is 12. The van der Waals surface area contributed by atoms with Gasteiger partial charge in [0, 0.05) is 42.8 Å². The predicted octanol–water partition coefficient (Wildman–Crippen LogP) is 11.1. The number of furan rings is 1. The lowest BCUT2D eigenvalue weighted by molar-refractivity contribution is 0.623. The first kappa shape index (κ1) is 23.1. The minimum absolute atomic E-state index is 0.601. The Bertz CT molecular complexity index is 2730. The number of pyridine rings is 1. The van der Waals surface area contributed by atoms with Crippen molar-refractivity contribution < 1.29 is 8.83 Å². The first-order valence-electron chi connectivity index (χ1n) is 14.2. The van der Waals surface area contributed by atoms with E-state index in [1.165, 1.54) is 20.9 Å². The van der Waals surface area contributed by atoms with Crippen molar-refractivity contribution in [3.8, 4) is 22.7 Å². The standard InChI is InChI=1S/C38H20N2O2S/c1-2-8-25-21(7-1)13-14-22-19-20-28-35(31(22)25)42-37(39-28)24-17-15-23(16-18-24)34-36-32(26-9-3-5-11-29(26)41-36)33-27-10-4-6-12-30(27)43-38(33)40-34/h1-20H. The summed E-state index contributed by atoms with van der Waals surface area (Å²) in [5.74, 6) is 0.601. The molecular weight excluding hydrogens is 548 g/mol. The molecule has 4 heterocycles. The highest BCUT2D eigenvalue weighted by Gasteiger charge is 2.21. The quantitative estimate of drug-likeness (QED) is 0.195. The third-order valence-corrected chi connectivity index (χ3v) is 9.58. The minimum Gasteiger partial charge on any atom is -0.454 e. The Hall–Kier alpha value is -5.52. The monoisotopic (exact) mass is 568 g/mol. The Balaban J connectivity index is 1.16. The van der Waals surface area contributed by atoms with E-state index in [9.17, 15) is 0 Å². The van der Waals surface area contributed by atoms with Crippen LogP contribution in [0.1, 0.15) is 0 Å². The first-order valence-corrected chi connectivity index (χ1v) is 15.1. The van der Waals surface area contributed by atoms with Crippen LogP contribution < -0.4 is 0 Å². The maximum atomic E-state index is 6.51. The molecule has 0 saturated carbocycles. The van der Waals surface area contributed by atoms with Crippen LogP contribution in [0.5, 0.6) is 0 Å². The van der Waals surface area contributed by atoms with E-state index in [1.807, 2.05) is 18.2 Å². The Morgan fingerprint density at radius 2 is 1.21 bits per heavy atom. The molecule has 0 saturated heterocycles. The summed E-state index contributed by atoms with van der Waals surface area (Å²) >= 11 is 1.72. The fourth-order valence-corrected chi connectivity index (χ4v) is 7.61. The molecule has 0 atom stereocenters. The molecule has 0 aliphatic rings. The molecule has 0 radical (unpaired) electrons. The molecule has 0 bridgehead atoms. The van der Waals surface area contributed by atoms with Crippen LogP contribution >= 0.6 is 11.3 Å². The Morgan fingerprint density at radius 1 is 0.488 bits per heavy atom. The molecule has 10 aromatic rings. The topological polar surface area (TPSA) is 52.1 Å². The first-order chi connectivity index (χ1) is 21.3. The number of benzene rings is 6. The maximum absolute atomic E-state index is 6.51. The zero-order valence-electron chi connectivity index (χ0n) is 22.7. The van der Waals surface area contributed by atoms with Crippen molar-refractivity contribution in [3.63, 3.8) is 0 Å². The molecule has 5 heteroatoms. The lowest BCUT2D eigenvalue weighted by Crippen LogP contribution is -1.86. The van der Waals surface area contributed by atoms with Crippen LogP contribution in [-0.2, 0) is 0 Å². The zero-order chi connectivity index (χ0) is 28.1. The molecule has 0 aliphatic carbocycles.